The van der Waals surface area contributed by atoms with E-state index >= 15 is 0 Å². The molecule has 0 saturated carbocycles. The highest BCUT2D eigenvalue weighted by Crippen LogP contribution is 1.93. The van der Waals surface area contributed by atoms with Crippen LogP contribution in [0.1, 0.15) is 0 Å². The third-order valence-electron chi connectivity index (χ3n) is 1.08. The first-order valence-corrected chi connectivity index (χ1v) is 3.56. The van der Waals surface area contributed by atoms with Gasteiger partial charge in [-0.25, -0.2) is 4.39 Å². The summed E-state index contributed by atoms with van der Waals surface area (Å²) in [5.74, 6) is 0. The van der Waals surface area contributed by atoms with Crippen LogP contribution in [0.15, 0.2) is 29.5 Å². The molecular weight excluding hydrogens is 161 g/mol. The van der Waals surface area contributed by atoms with Gasteiger partial charge in [0.1, 0.15) is 12.7 Å². The quantitative estimate of drug-likeness (QED) is 0.454. The van der Waals surface area contributed by atoms with Gasteiger partial charge in [0.2, 0.25) is 0 Å². The van der Waals surface area contributed by atoms with Gasteiger partial charge in [-0.3, -0.25) is 0 Å². The van der Waals surface area contributed by atoms with Crippen LogP contribution in [0.4, 0.5) is 4.39 Å². The molecule has 0 rings (SSSR count). The fourth-order valence-corrected chi connectivity index (χ4v) is 0.547. The largest absolute Gasteiger partial charge is 0.381 e. The Kier molecular flexibility index (Phi) is 7.38. The molecule has 12 heavy (non-hydrogen) atoms. The molecule has 0 aliphatic carbocycles. The van der Waals surface area contributed by atoms with Crippen molar-refractivity contribution in [2.75, 3.05) is 20.3 Å². The highest BCUT2D eigenvalue weighted by molar-refractivity contribution is 5.05. The van der Waals surface area contributed by atoms with Crippen molar-refractivity contribution in [2.24, 2.45) is 5.18 Å². The first kappa shape index (κ1) is 11.0. The predicted molar refractivity (Wildman–Crippen MR) is 45.7 cm³/mol. The normalized spacial score (nSPS) is 14.2. The fraction of sp³-hybridized carbons (Fsp3) is 0.500. The van der Waals surface area contributed by atoms with Gasteiger partial charge in [-0.1, -0.05) is 23.4 Å². The monoisotopic (exact) mass is 173 g/mol. The third kappa shape index (κ3) is 7.08. The summed E-state index contributed by atoms with van der Waals surface area (Å²) in [6, 6.07) is 0. The van der Waals surface area contributed by atoms with E-state index in [1.807, 2.05) is 0 Å². The molecule has 0 radical (unpaired) electrons. The van der Waals surface area contributed by atoms with Gasteiger partial charge in [0.05, 0.1) is 6.61 Å². The molecule has 0 heterocycles. The van der Waals surface area contributed by atoms with E-state index in [9.17, 15) is 9.30 Å². The molecule has 0 spiro atoms. The van der Waals surface area contributed by atoms with Crippen LogP contribution in [0, 0.1) is 4.91 Å². The van der Waals surface area contributed by atoms with Crippen LogP contribution >= 0.6 is 0 Å². The molecule has 1 unspecified atom stereocenters. The molecule has 0 saturated heterocycles. The van der Waals surface area contributed by atoms with Crippen LogP contribution in [0.3, 0.4) is 0 Å². The van der Waals surface area contributed by atoms with Crippen molar-refractivity contribution in [2.45, 2.75) is 6.17 Å². The molecule has 0 fully saturated rings. The number of halogens is 1. The minimum atomic E-state index is -1.28. The summed E-state index contributed by atoms with van der Waals surface area (Å²) in [6.07, 6.45) is 4.90. The molecular formula is C8H12FNO2. The Balaban J connectivity index is 3.52. The molecule has 0 amide bonds. The lowest BCUT2D eigenvalue weighted by Gasteiger charge is -1.91. The summed E-state index contributed by atoms with van der Waals surface area (Å²) in [4.78, 5) is 9.59. The molecule has 68 valence electrons. The predicted octanol–water partition coefficient (Wildman–Crippen LogP) is 1.85. The minimum Gasteiger partial charge on any atom is -0.381 e. The van der Waals surface area contributed by atoms with Crippen LogP contribution < -0.4 is 0 Å². The second kappa shape index (κ2) is 8.07. The summed E-state index contributed by atoms with van der Waals surface area (Å²) >= 11 is 0. The van der Waals surface area contributed by atoms with Gasteiger partial charge in [-0.2, -0.15) is 4.91 Å². The van der Waals surface area contributed by atoms with Crippen LogP contribution in [-0.2, 0) is 4.74 Å². The number of ether oxygens (including phenoxy) is 1. The van der Waals surface area contributed by atoms with Crippen molar-refractivity contribution in [1.82, 2.24) is 0 Å². The van der Waals surface area contributed by atoms with Gasteiger partial charge in [-0.15, -0.1) is 0 Å². The van der Waals surface area contributed by atoms with E-state index in [-0.39, 0.29) is 6.54 Å². The molecule has 4 heteroatoms. The standard InChI is InChI=1S/C8H12FNO2/c1-12-6-4-2-3-5-8(9)7-10-11/h2-5,8H,6-7H2,1H3/b4-2-,5-3+. The lowest BCUT2D eigenvalue weighted by molar-refractivity contribution is 0.234. The van der Waals surface area contributed by atoms with E-state index in [2.05, 4.69) is 5.18 Å². The maximum absolute atomic E-state index is 12.5. The van der Waals surface area contributed by atoms with E-state index in [0.29, 0.717) is 6.61 Å². The van der Waals surface area contributed by atoms with Crippen molar-refractivity contribution in [3.8, 4) is 0 Å². The van der Waals surface area contributed by atoms with Crippen molar-refractivity contribution in [3.05, 3.63) is 29.2 Å². The first-order valence-electron chi connectivity index (χ1n) is 3.56. The highest BCUT2D eigenvalue weighted by atomic mass is 19.1. The Hall–Kier alpha value is -1.03. The molecule has 0 N–H and O–H groups in total. The van der Waals surface area contributed by atoms with Gasteiger partial charge < -0.3 is 4.74 Å². The van der Waals surface area contributed by atoms with Crippen molar-refractivity contribution < 1.29 is 9.13 Å². The zero-order chi connectivity index (χ0) is 9.23. The Morgan fingerprint density at radius 1 is 1.58 bits per heavy atom. The van der Waals surface area contributed by atoms with E-state index in [1.54, 1.807) is 19.3 Å². The van der Waals surface area contributed by atoms with Crippen LogP contribution in [0.5, 0.6) is 0 Å². The summed E-state index contributed by atoms with van der Waals surface area (Å²) < 4.78 is 17.2. The number of hydrogen-bond donors (Lipinski definition) is 0. The third-order valence-corrected chi connectivity index (χ3v) is 1.08. The second-order valence-electron chi connectivity index (χ2n) is 2.10. The Morgan fingerprint density at radius 2 is 2.33 bits per heavy atom. The van der Waals surface area contributed by atoms with Gasteiger partial charge in [0, 0.05) is 7.11 Å². The average Bonchev–Trinajstić information content (AvgIpc) is 2.05. The van der Waals surface area contributed by atoms with E-state index in [0.717, 1.165) is 0 Å². The number of methoxy groups -OCH3 is 1. The summed E-state index contributed by atoms with van der Waals surface area (Å²) in [6.45, 7) is 0.168. The van der Waals surface area contributed by atoms with E-state index < -0.39 is 6.17 Å². The Morgan fingerprint density at radius 3 is 2.92 bits per heavy atom. The molecule has 0 aliphatic rings. The van der Waals surface area contributed by atoms with Crippen LogP contribution in [-0.4, -0.2) is 26.4 Å². The zero-order valence-corrected chi connectivity index (χ0v) is 6.94. The Bertz CT molecular complexity index is 168. The maximum Gasteiger partial charge on any atom is 0.141 e. The Labute approximate surface area is 70.9 Å². The van der Waals surface area contributed by atoms with Gasteiger partial charge in [0.25, 0.3) is 0 Å². The lowest BCUT2D eigenvalue weighted by Crippen LogP contribution is -1.98. The van der Waals surface area contributed by atoms with Crippen LogP contribution in [0.25, 0.3) is 0 Å². The molecule has 0 aromatic carbocycles. The second-order valence-corrected chi connectivity index (χ2v) is 2.10. The highest BCUT2D eigenvalue weighted by Gasteiger charge is 1.97. The number of rotatable bonds is 6. The number of allylic oxidation sites excluding steroid dienone is 2. The van der Waals surface area contributed by atoms with Crippen molar-refractivity contribution in [1.29, 1.82) is 0 Å². The molecule has 0 aromatic rings. The molecule has 3 nitrogen and oxygen atoms in total. The van der Waals surface area contributed by atoms with Crippen molar-refractivity contribution >= 4 is 0 Å². The van der Waals surface area contributed by atoms with E-state index in [1.165, 1.54) is 12.2 Å². The smallest absolute Gasteiger partial charge is 0.141 e. The molecule has 0 aliphatic heterocycles. The van der Waals surface area contributed by atoms with Gasteiger partial charge in [0.15, 0.2) is 0 Å². The molecule has 0 bridgehead atoms. The maximum atomic E-state index is 12.5. The number of alkyl halides is 1. The number of nitroso groups, excluding NO2 is 1. The molecule has 0 aromatic heterocycles. The number of hydrogen-bond acceptors (Lipinski definition) is 3. The van der Waals surface area contributed by atoms with Gasteiger partial charge >= 0.3 is 0 Å². The van der Waals surface area contributed by atoms with Crippen molar-refractivity contribution in [3.63, 3.8) is 0 Å². The minimum absolute atomic E-state index is 0.325. The molecule has 1 atom stereocenters. The number of nitrogens with zero attached hydrogens (tertiary/aromatic N) is 1. The average molecular weight is 173 g/mol. The summed E-state index contributed by atoms with van der Waals surface area (Å²) in [5, 5.41) is 2.43. The van der Waals surface area contributed by atoms with E-state index in [4.69, 9.17) is 4.74 Å². The lowest BCUT2D eigenvalue weighted by atomic mass is 10.3. The van der Waals surface area contributed by atoms with Gasteiger partial charge in [-0.05, 0) is 6.08 Å². The summed E-state index contributed by atoms with van der Waals surface area (Å²) in [7, 11) is 1.57. The SMILES string of the molecule is COC/C=C\C=C\C(F)CN=O. The fourth-order valence-electron chi connectivity index (χ4n) is 0.547. The zero-order valence-electron chi connectivity index (χ0n) is 6.94. The first-order chi connectivity index (χ1) is 5.81. The summed E-state index contributed by atoms with van der Waals surface area (Å²) in [5.41, 5.74) is 0. The van der Waals surface area contributed by atoms with Crippen LogP contribution in [0.2, 0.25) is 0 Å². The topological polar surface area (TPSA) is 38.7 Å².